The minimum absolute atomic E-state index is 0.0639. The van der Waals surface area contributed by atoms with E-state index >= 15 is 0 Å². The SMILES string of the molecule is C[C@H]1C[C@@H](c2nc3ccc(Br)cc3[nH]2)N(C(=O)OC(C)(C)C)C1. The van der Waals surface area contributed by atoms with E-state index < -0.39 is 5.60 Å². The van der Waals surface area contributed by atoms with Gasteiger partial charge in [0.2, 0.25) is 0 Å². The zero-order chi connectivity index (χ0) is 16.8. The number of hydrogen-bond acceptors (Lipinski definition) is 3. The fraction of sp³-hybridized carbons (Fsp3) is 0.529. The van der Waals surface area contributed by atoms with Crippen LogP contribution >= 0.6 is 15.9 Å². The van der Waals surface area contributed by atoms with Gasteiger partial charge in [0, 0.05) is 11.0 Å². The predicted molar refractivity (Wildman–Crippen MR) is 93.3 cm³/mol. The third kappa shape index (κ3) is 3.52. The molecule has 1 amide bonds. The van der Waals surface area contributed by atoms with E-state index in [2.05, 4.69) is 32.8 Å². The second kappa shape index (κ2) is 5.82. The van der Waals surface area contributed by atoms with Crippen molar-refractivity contribution in [1.82, 2.24) is 14.9 Å². The van der Waals surface area contributed by atoms with Crippen molar-refractivity contribution >= 4 is 33.1 Å². The van der Waals surface area contributed by atoms with Crippen LogP contribution in [0.4, 0.5) is 4.79 Å². The van der Waals surface area contributed by atoms with E-state index in [1.165, 1.54) is 0 Å². The number of aromatic amines is 1. The van der Waals surface area contributed by atoms with E-state index in [9.17, 15) is 4.79 Å². The molecule has 23 heavy (non-hydrogen) atoms. The average molecular weight is 380 g/mol. The van der Waals surface area contributed by atoms with Crippen molar-refractivity contribution in [1.29, 1.82) is 0 Å². The molecular formula is C17H22BrN3O2. The Morgan fingerprint density at radius 3 is 2.87 bits per heavy atom. The number of aromatic nitrogens is 2. The molecule has 0 bridgehead atoms. The smallest absolute Gasteiger partial charge is 0.410 e. The highest BCUT2D eigenvalue weighted by molar-refractivity contribution is 9.10. The summed E-state index contributed by atoms with van der Waals surface area (Å²) in [6.07, 6.45) is 0.619. The van der Waals surface area contributed by atoms with Gasteiger partial charge in [-0.15, -0.1) is 0 Å². The van der Waals surface area contributed by atoms with Crippen LogP contribution in [0.5, 0.6) is 0 Å². The molecule has 5 nitrogen and oxygen atoms in total. The van der Waals surface area contributed by atoms with Crippen molar-refractivity contribution in [2.75, 3.05) is 6.54 Å². The third-order valence-electron chi connectivity index (χ3n) is 3.92. The number of imidazole rings is 1. The van der Waals surface area contributed by atoms with Crippen LogP contribution in [0.1, 0.15) is 46.0 Å². The number of rotatable bonds is 1. The normalized spacial score (nSPS) is 21.9. The molecule has 124 valence electrons. The predicted octanol–water partition coefficient (Wildman–Crippen LogP) is 4.64. The molecule has 0 spiro atoms. The van der Waals surface area contributed by atoms with Crippen molar-refractivity contribution in [2.24, 2.45) is 5.92 Å². The van der Waals surface area contributed by atoms with E-state index in [1.54, 1.807) is 4.90 Å². The number of fused-ring (bicyclic) bond motifs is 1. The first-order chi connectivity index (χ1) is 10.7. The van der Waals surface area contributed by atoms with Crippen LogP contribution in [0, 0.1) is 5.92 Å². The Morgan fingerprint density at radius 1 is 1.43 bits per heavy atom. The van der Waals surface area contributed by atoms with E-state index in [1.807, 2.05) is 39.0 Å². The van der Waals surface area contributed by atoms with Crippen LogP contribution in [0.25, 0.3) is 11.0 Å². The Bertz CT molecular complexity index is 735. The molecule has 1 aromatic carbocycles. The van der Waals surface area contributed by atoms with Gasteiger partial charge in [-0.25, -0.2) is 9.78 Å². The molecule has 3 rings (SSSR count). The van der Waals surface area contributed by atoms with Gasteiger partial charge in [-0.2, -0.15) is 0 Å². The molecule has 0 aliphatic carbocycles. The Balaban J connectivity index is 1.90. The highest BCUT2D eigenvalue weighted by Gasteiger charge is 2.38. The number of ether oxygens (including phenoxy) is 1. The van der Waals surface area contributed by atoms with Gasteiger partial charge in [0.15, 0.2) is 0 Å². The first kappa shape index (κ1) is 16.3. The maximum absolute atomic E-state index is 12.5. The molecule has 6 heteroatoms. The van der Waals surface area contributed by atoms with Crippen molar-refractivity contribution in [3.05, 3.63) is 28.5 Å². The summed E-state index contributed by atoms with van der Waals surface area (Å²) < 4.78 is 6.56. The molecule has 2 heterocycles. The van der Waals surface area contributed by atoms with Gasteiger partial charge in [-0.3, -0.25) is 4.90 Å². The second-order valence-electron chi connectivity index (χ2n) is 7.27. The molecule has 1 aliphatic rings. The summed E-state index contributed by atoms with van der Waals surface area (Å²) >= 11 is 3.47. The molecular weight excluding hydrogens is 358 g/mol. The number of carbonyl (C=O) groups is 1. The molecule has 0 unspecified atom stereocenters. The van der Waals surface area contributed by atoms with E-state index in [4.69, 9.17) is 4.74 Å². The number of benzene rings is 1. The minimum Gasteiger partial charge on any atom is -0.444 e. The lowest BCUT2D eigenvalue weighted by molar-refractivity contribution is 0.0215. The van der Waals surface area contributed by atoms with Crippen molar-refractivity contribution in [3.8, 4) is 0 Å². The topological polar surface area (TPSA) is 58.2 Å². The Morgan fingerprint density at radius 2 is 2.17 bits per heavy atom. The molecule has 1 N–H and O–H groups in total. The van der Waals surface area contributed by atoms with Crippen LogP contribution in [-0.2, 0) is 4.74 Å². The lowest BCUT2D eigenvalue weighted by Gasteiger charge is -2.27. The summed E-state index contributed by atoms with van der Waals surface area (Å²) in [6, 6.07) is 5.87. The zero-order valence-electron chi connectivity index (χ0n) is 13.9. The molecule has 0 saturated carbocycles. The summed E-state index contributed by atoms with van der Waals surface area (Å²) in [5, 5.41) is 0. The van der Waals surface area contributed by atoms with Crippen LogP contribution in [0.3, 0.4) is 0 Å². The average Bonchev–Trinajstić information content (AvgIpc) is 2.99. The van der Waals surface area contributed by atoms with Gasteiger partial charge in [0.05, 0.1) is 17.1 Å². The lowest BCUT2D eigenvalue weighted by atomic mass is 10.1. The van der Waals surface area contributed by atoms with E-state index in [-0.39, 0.29) is 12.1 Å². The minimum atomic E-state index is -0.494. The summed E-state index contributed by atoms with van der Waals surface area (Å²) in [4.78, 5) is 22.3. The maximum atomic E-state index is 12.5. The number of H-pyrrole nitrogens is 1. The van der Waals surface area contributed by atoms with E-state index in [0.717, 1.165) is 27.8 Å². The number of likely N-dealkylation sites (tertiary alicyclic amines) is 1. The van der Waals surface area contributed by atoms with Crippen LogP contribution in [0.2, 0.25) is 0 Å². The summed E-state index contributed by atoms with van der Waals surface area (Å²) in [5.74, 6) is 1.25. The van der Waals surface area contributed by atoms with Crippen LogP contribution in [-0.4, -0.2) is 33.1 Å². The van der Waals surface area contributed by atoms with E-state index in [0.29, 0.717) is 12.5 Å². The van der Waals surface area contributed by atoms with Crippen LogP contribution in [0.15, 0.2) is 22.7 Å². The van der Waals surface area contributed by atoms with Crippen LogP contribution < -0.4 is 0 Å². The number of hydrogen-bond donors (Lipinski definition) is 1. The number of nitrogens with zero attached hydrogens (tertiary/aromatic N) is 2. The Kier molecular flexibility index (Phi) is 4.12. The van der Waals surface area contributed by atoms with Gasteiger partial charge >= 0.3 is 6.09 Å². The zero-order valence-corrected chi connectivity index (χ0v) is 15.5. The van der Waals surface area contributed by atoms with Crippen molar-refractivity contribution < 1.29 is 9.53 Å². The lowest BCUT2D eigenvalue weighted by Crippen LogP contribution is -2.37. The molecule has 2 atom stereocenters. The molecule has 2 aromatic rings. The molecule has 0 radical (unpaired) electrons. The largest absolute Gasteiger partial charge is 0.444 e. The number of amides is 1. The quantitative estimate of drug-likeness (QED) is 0.784. The third-order valence-corrected chi connectivity index (χ3v) is 4.41. The molecule has 1 aliphatic heterocycles. The molecule has 1 fully saturated rings. The number of nitrogens with one attached hydrogen (secondary N) is 1. The monoisotopic (exact) mass is 379 g/mol. The number of carbonyl (C=O) groups excluding carboxylic acids is 1. The number of halogens is 1. The fourth-order valence-electron chi connectivity index (χ4n) is 2.99. The highest BCUT2D eigenvalue weighted by atomic mass is 79.9. The first-order valence-corrected chi connectivity index (χ1v) is 8.67. The van der Waals surface area contributed by atoms with Gasteiger partial charge in [0.25, 0.3) is 0 Å². The Hall–Kier alpha value is -1.56. The van der Waals surface area contributed by atoms with Crippen molar-refractivity contribution in [3.63, 3.8) is 0 Å². The highest BCUT2D eigenvalue weighted by Crippen LogP contribution is 2.36. The summed E-state index contributed by atoms with van der Waals surface area (Å²) in [7, 11) is 0. The summed E-state index contributed by atoms with van der Waals surface area (Å²) in [5.41, 5.74) is 1.39. The van der Waals surface area contributed by atoms with Crippen molar-refractivity contribution in [2.45, 2.75) is 45.8 Å². The first-order valence-electron chi connectivity index (χ1n) is 7.88. The second-order valence-corrected chi connectivity index (χ2v) is 8.19. The van der Waals surface area contributed by atoms with Gasteiger partial charge in [0.1, 0.15) is 11.4 Å². The standard InChI is InChI=1S/C17H22BrN3O2/c1-10-7-14(21(9-10)16(22)23-17(2,3)4)15-19-12-6-5-11(18)8-13(12)20-15/h5-6,8,10,14H,7,9H2,1-4H3,(H,19,20)/t10-,14-/m0/s1. The van der Waals surface area contributed by atoms with Gasteiger partial charge in [-0.1, -0.05) is 22.9 Å². The molecule has 1 aromatic heterocycles. The molecule has 1 saturated heterocycles. The summed E-state index contributed by atoms with van der Waals surface area (Å²) in [6.45, 7) is 8.51. The Labute approximate surface area is 144 Å². The fourth-order valence-corrected chi connectivity index (χ4v) is 3.35. The van der Waals surface area contributed by atoms with Gasteiger partial charge in [-0.05, 0) is 51.3 Å². The maximum Gasteiger partial charge on any atom is 0.410 e. The van der Waals surface area contributed by atoms with Gasteiger partial charge < -0.3 is 9.72 Å².